The fraction of sp³-hybridized carbons (Fsp3) is 0.278. The Kier molecular flexibility index (Phi) is 4.63. The normalized spacial score (nSPS) is 15.9. The molecule has 3 heterocycles. The van der Waals surface area contributed by atoms with Gasteiger partial charge in [0.25, 0.3) is 5.91 Å². The number of aromatic nitrogens is 3. The lowest BCUT2D eigenvalue weighted by Crippen LogP contribution is -2.46. The van der Waals surface area contributed by atoms with E-state index in [9.17, 15) is 13.2 Å². The summed E-state index contributed by atoms with van der Waals surface area (Å²) in [6.07, 6.45) is 4.21. The number of imidazole rings is 1. The van der Waals surface area contributed by atoms with Crippen LogP contribution in [0, 0.1) is 0 Å². The van der Waals surface area contributed by atoms with Gasteiger partial charge in [0, 0.05) is 25.3 Å². The van der Waals surface area contributed by atoms with Crippen molar-refractivity contribution in [1.29, 1.82) is 0 Å². The highest BCUT2D eigenvalue weighted by Gasteiger charge is 2.28. The third-order valence-corrected chi connectivity index (χ3v) is 6.25. The molecule has 2 N–H and O–H groups in total. The van der Waals surface area contributed by atoms with Gasteiger partial charge in [-0.1, -0.05) is 18.2 Å². The molecule has 0 aliphatic carbocycles. The zero-order valence-corrected chi connectivity index (χ0v) is 15.3. The highest BCUT2D eigenvalue weighted by atomic mass is 32.2. The quantitative estimate of drug-likeness (QED) is 0.708. The maximum atomic E-state index is 12.8. The van der Waals surface area contributed by atoms with Gasteiger partial charge in [0.05, 0.1) is 22.3 Å². The molecule has 0 spiro atoms. The van der Waals surface area contributed by atoms with E-state index in [1.165, 1.54) is 6.33 Å². The minimum atomic E-state index is -3.55. The minimum absolute atomic E-state index is 0.101. The molecule has 140 valence electrons. The second-order valence-corrected chi connectivity index (χ2v) is 8.17. The Hall–Kier alpha value is -2.78. The number of H-pyrrole nitrogens is 1. The van der Waals surface area contributed by atoms with Crippen molar-refractivity contribution in [3.8, 4) is 0 Å². The highest BCUT2D eigenvalue weighted by molar-refractivity contribution is 7.89. The number of hydrogen-bond donors (Lipinski definition) is 2. The van der Waals surface area contributed by atoms with Crippen molar-refractivity contribution in [3.05, 3.63) is 54.5 Å². The molecule has 9 heteroatoms. The number of pyridine rings is 1. The van der Waals surface area contributed by atoms with E-state index >= 15 is 0 Å². The molecule has 1 amide bonds. The van der Waals surface area contributed by atoms with Crippen LogP contribution in [0.25, 0.3) is 11.2 Å². The maximum absolute atomic E-state index is 12.8. The van der Waals surface area contributed by atoms with Crippen LogP contribution in [0.4, 0.5) is 0 Å². The van der Waals surface area contributed by atoms with Crippen molar-refractivity contribution in [2.45, 2.75) is 23.8 Å². The molecule has 0 saturated carbocycles. The molecule has 4 rings (SSSR count). The van der Waals surface area contributed by atoms with Gasteiger partial charge < -0.3 is 9.88 Å². The number of hydrogen-bond acceptors (Lipinski definition) is 5. The second kappa shape index (κ2) is 7.09. The summed E-state index contributed by atoms with van der Waals surface area (Å²) in [5, 5.41) is 0. The first-order valence-corrected chi connectivity index (χ1v) is 10.2. The molecule has 0 bridgehead atoms. The number of piperidine rings is 1. The summed E-state index contributed by atoms with van der Waals surface area (Å²) < 4.78 is 27.6. The Balaban J connectivity index is 1.42. The number of nitrogens with zero attached hydrogens (tertiary/aromatic N) is 3. The number of nitrogens with one attached hydrogen (secondary N) is 2. The minimum Gasteiger partial charge on any atom is -0.343 e. The fourth-order valence-corrected chi connectivity index (χ4v) is 4.61. The zero-order valence-electron chi connectivity index (χ0n) is 14.5. The van der Waals surface area contributed by atoms with Gasteiger partial charge in [0.2, 0.25) is 10.0 Å². The summed E-state index contributed by atoms with van der Waals surface area (Å²) >= 11 is 0. The lowest BCUT2D eigenvalue weighted by atomic mass is 10.0. The number of amides is 1. The van der Waals surface area contributed by atoms with Gasteiger partial charge in [0.1, 0.15) is 0 Å². The third kappa shape index (κ3) is 3.56. The third-order valence-electron chi connectivity index (χ3n) is 4.71. The fourth-order valence-electron chi connectivity index (χ4n) is 3.28. The second-order valence-electron chi connectivity index (χ2n) is 6.46. The summed E-state index contributed by atoms with van der Waals surface area (Å²) in [5.74, 6) is -0.101. The number of benzene rings is 1. The van der Waals surface area contributed by atoms with Crippen LogP contribution in [-0.4, -0.2) is 53.3 Å². The SMILES string of the molecule is O=C(c1ccnc2nc[nH]c12)N1CCC(NS(=O)(=O)c2ccccc2)CC1. The summed E-state index contributed by atoms with van der Waals surface area (Å²) in [4.78, 5) is 26.0. The monoisotopic (exact) mass is 385 g/mol. The zero-order chi connectivity index (χ0) is 18.9. The largest absolute Gasteiger partial charge is 0.343 e. The molecule has 0 radical (unpaired) electrons. The van der Waals surface area contributed by atoms with Crippen molar-refractivity contribution >= 4 is 27.1 Å². The van der Waals surface area contributed by atoms with Crippen LogP contribution in [0.3, 0.4) is 0 Å². The van der Waals surface area contributed by atoms with Crippen LogP contribution >= 0.6 is 0 Å². The average molecular weight is 385 g/mol. The van der Waals surface area contributed by atoms with Crippen molar-refractivity contribution in [2.75, 3.05) is 13.1 Å². The van der Waals surface area contributed by atoms with Gasteiger partial charge in [-0.2, -0.15) is 0 Å². The van der Waals surface area contributed by atoms with Gasteiger partial charge in [-0.3, -0.25) is 4.79 Å². The van der Waals surface area contributed by atoms with E-state index in [1.807, 2.05) is 0 Å². The van der Waals surface area contributed by atoms with Gasteiger partial charge in [-0.15, -0.1) is 0 Å². The van der Waals surface area contributed by atoms with Crippen molar-refractivity contribution in [3.63, 3.8) is 0 Å². The molecular weight excluding hydrogens is 366 g/mol. The first kappa shape index (κ1) is 17.6. The first-order chi connectivity index (χ1) is 13.0. The number of carbonyl (C=O) groups excluding carboxylic acids is 1. The smallest absolute Gasteiger partial charge is 0.256 e. The van der Waals surface area contributed by atoms with E-state index in [-0.39, 0.29) is 16.8 Å². The molecule has 2 aromatic heterocycles. The van der Waals surface area contributed by atoms with Gasteiger partial charge in [-0.25, -0.2) is 23.1 Å². The number of aromatic amines is 1. The molecule has 1 saturated heterocycles. The summed E-state index contributed by atoms with van der Waals surface area (Å²) in [5.41, 5.74) is 1.65. The molecule has 1 aliphatic heterocycles. The molecule has 3 aromatic rings. The van der Waals surface area contributed by atoms with Crippen LogP contribution in [0.1, 0.15) is 23.2 Å². The average Bonchev–Trinajstić information content (AvgIpc) is 3.17. The highest BCUT2D eigenvalue weighted by Crippen LogP contribution is 2.19. The molecule has 8 nitrogen and oxygen atoms in total. The Morgan fingerprint density at radius 3 is 2.59 bits per heavy atom. The van der Waals surface area contributed by atoms with Gasteiger partial charge >= 0.3 is 0 Å². The number of rotatable bonds is 4. The van der Waals surface area contributed by atoms with E-state index in [0.717, 1.165) is 0 Å². The topological polar surface area (TPSA) is 108 Å². The van der Waals surface area contributed by atoms with E-state index < -0.39 is 10.0 Å². The van der Waals surface area contributed by atoms with Crippen molar-refractivity contribution < 1.29 is 13.2 Å². The van der Waals surface area contributed by atoms with Crippen LogP contribution in [0.5, 0.6) is 0 Å². The molecular formula is C18H19N5O3S. The van der Waals surface area contributed by atoms with Gasteiger partial charge in [0.15, 0.2) is 5.65 Å². The summed E-state index contributed by atoms with van der Waals surface area (Å²) in [7, 11) is -3.55. The Labute approximate surface area is 156 Å². The summed E-state index contributed by atoms with van der Waals surface area (Å²) in [6.45, 7) is 0.970. The van der Waals surface area contributed by atoms with Crippen LogP contribution < -0.4 is 4.72 Å². The molecule has 0 atom stereocenters. The lowest BCUT2D eigenvalue weighted by molar-refractivity contribution is 0.0713. The number of fused-ring (bicyclic) bond motifs is 1. The summed E-state index contributed by atoms with van der Waals surface area (Å²) in [6, 6.07) is 9.79. The van der Waals surface area contributed by atoms with Gasteiger partial charge in [-0.05, 0) is 31.0 Å². The number of carbonyl (C=O) groups is 1. The molecule has 27 heavy (non-hydrogen) atoms. The Morgan fingerprint density at radius 2 is 1.85 bits per heavy atom. The first-order valence-electron chi connectivity index (χ1n) is 8.69. The molecule has 1 fully saturated rings. The number of sulfonamides is 1. The van der Waals surface area contributed by atoms with Crippen molar-refractivity contribution in [2.24, 2.45) is 0 Å². The van der Waals surface area contributed by atoms with E-state index in [1.54, 1.807) is 47.5 Å². The Morgan fingerprint density at radius 1 is 1.11 bits per heavy atom. The predicted octanol–water partition coefficient (Wildman–Crippen LogP) is 1.54. The van der Waals surface area contributed by atoms with Crippen LogP contribution in [0.15, 0.2) is 53.8 Å². The maximum Gasteiger partial charge on any atom is 0.256 e. The molecule has 1 aliphatic rings. The standard InChI is InChI=1S/C18H19N5O3S/c24-18(15-6-9-19-17-16(15)20-12-21-17)23-10-7-13(8-11-23)22-27(25,26)14-4-2-1-3-5-14/h1-6,9,12-13,22H,7-8,10-11H2,(H,19,20,21). The molecule has 0 unspecified atom stereocenters. The number of likely N-dealkylation sites (tertiary alicyclic amines) is 1. The van der Waals surface area contributed by atoms with E-state index in [4.69, 9.17) is 0 Å². The van der Waals surface area contributed by atoms with Crippen LogP contribution in [0.2, 0.25) is 0 Å². The van der Waals surface area contributed by atoms with E-state index in [0.29, 0.717) is 42.7 Å². The lowest BCUT2D eigenvalue weighted by Gasteiger charge is -2.32. The van der Waals surface area contributed by atoms with Crippen LogP contribution in [-0.2, 0) is 10.0 Å². The Bertz CT molecular complexity index is 1060. The molecule has 1 aromatic carbocycles. The van der Waals surface area contributed by atoms with Crippen molar-refractivity contribution in [1.82, 2.24) is 24.6 Å². The predicted molar refractivity (Wildman–Crippen MR) is 99.6 cm³/mol. The van der Waals surface area contributed by atoms with E-state index in [2.05, 4.69) is 19.7 Å².